The Labute approximate surface area is 105 Å². The minimum atomic E-state index is -0.328. The molecule has 1 fully saturated rings. The highest BCUT2D eigenvalue weighted by molar-refractivity contribution is 6.12. The number of allylic oxidation sites excluding steroid dienone is 4. The molecular formula is C13H14N2O3. The third-order valence-corrected chi connectivity index (χ3v) is 3.60. The van der Waals surface area contributed by atoms with Crippen molar-refractivity contribution in [1.29, 1.82) is 0 Å². The Kier molecular flexibility index (Phi) is 2.54. The third kappa shape index (κ3) is 1.75. The first kappa shape index (κ1) is 11.2. The quantitative estimate of drug-likeness (QED) is 0.708. The topological polar surface area (TPSA) is 67.8 Å². The number of fused-ring (bicyclic) bond motifs is 1. The molecular weight excluding hydrogens is 232 g/mol. The molecule has 2 atom stereocenters. The Morgan fingerprint density at radius 3 is 3.00 bits per heavy atom. The van der Waals surface area contributed by atoms with E-state index in [1.54, 1.807) is 0 Å². The van der Waals surface area contributed by atoms with E-state index >= 15 is 0 Å². The van der Waals surface area contributed by atoms with E-state index in [4.69, 9.17) is 4.84 Å². The van der Waals surface area contributed by atoms with Crippen LogP contribution in [0.5, 0.6) is 0 Å². The monoisotopic (exact) mass is 246 g/mol. The second-order valence-electron chi connectivity index (χ2n) is 4.89. The number of piperidine rings is 1. The minimum absolute atomic E-state index is 0.0673. The maximum Gasteiger partial charge on any atom is 0.235 e. The highest BCUT2D eigenvalue weighted by atomic mass is 16.6. The first-order valence-corrected chi connectivity index (χ1v) is 6.12. The Balaban J connectivity index is 1.81. The van der Waals surface area contributed by atoms with Gasteiger partial charge in [-0.15, -0.1) is 0 Å². The van der Waals surface area contributed by atoms with E-state index in [1.165, 1.54) is 0 Å². The van der Waals surface area contributed by atoms with Crippen LogP contribution < -0.4 is 5.32 Å². The number of oxime groups is 1. The Morgan fingerprint density at radius 2 is 2.22 bits per heavy atom. The molecule has 2 aliphatic heterocycles. The van der Waals surface area contributed by atoms with Gasteiger partial charge in [0, 0.05) is 6.42 Å². The smallest absolute Gasteiger partial charge is 0.235 e. The summed E-state index contributed by atoms with van der Waals surface area (Å²) in [5.41, 5.74) is 1.91. The maximum absolute atomic E-state index is 11.8. The lowest BCUT2D eigenvalue weighted by atomic mass is 9.82. The van der Waals surface area contributed by atoms with Crippen LogP contribution in [0.4, 0.5) is 0 Å². The van der Waals surface area contributed by atoms with Gasteiger partial charge in [0.1, 0.15) is 5.76 Å². The molecule has 0 aromatic carbocycles. The molecule has 3 rings (SSSR count). The normalized spacial score (nSPS) is 30.8. The zero-order valence-corrected chi connectivity index (χ0v) is 10.1. The number of imide groups is 1. The van der Waals surface area contributed by atoms with Crippen LogP contribution in [-0.4, -0.2) is 17.5 Å². The molecule has 5 nitrogen and oxygen atoms in total. The fourth-order valence-electron chi connectivity index (χ4n) is 2.61. The summed E-state index contributed by atoms with van der Waals surface area (Å²) in [5.74, 6) is 0.102. The molecule has 0 aromatic heterocycles. The number of carbonyl (C=O) groups excluding carboxylic acids is 2. The Morgan fingerprint density at radius 1 is 1.39 bits per heavy atom. The van der Waals surface area contributed by atoms with Gasteiger partial charge < -0.3 is 4.84 Å². The molecule has 0 spiro atoms. The molecule has 1 saturated heterocycles. The van der Waals surface area contributed by atoms with Gasteiger partial charge in [-0.2, -0.15) is 0 Å². The fraction of sp³-hybridized carbons (Fsp3) is 0.462. The lowest BCUT2D eigenvalue weighted by Crippen LogP contribution is -2.45. The van der Waals surface area contributed by atoms with Crippen LogP contribution in [-0.2, 0) is 14.4 Å². The van der Waals surface area contributed by atoms with Gasteiger partial charge in [0.05, 0.1) is 17.5 Å². The molecule has 2 amide bonds. The van der Waals surface area contributed by atoms with Gasteiger partial charge >= 0.3 is 0 Å². The average molecular weight is 246 g/mol. The van der Waals surface area contributed by atoms with Crippen LogP contribution in [0.2, 0.25) is 0 Å². The predicted octanol–water partition coefficient (Wildman–Crippen LogP) is 1.28. The van der Waals surface area contributed by atoms with E-state index in [2.05, 4.69) is 16.5 Å². The second-order valence-corrected chi connectivity index (χ2v) is 4.89. The van der Waals surface area contributed by atoms with E-state index in [0.717, 1.165) is 23.5 Å². The highest BCUT2D eigenvalue weighted by Gasteiger charge is 2.40. The summed E-state index contributed by atoms with van der Waals surface area (Å²) in [6.45, 7) is 2.01. The van der Waals surface area contributed by atoms with Crippen molar-refractivity contribution >= 4 is 17.5 Å². The molecule has 18 heavy (non-hydrogen) atoms. The van der Waals surface area contributed by atoms with E-state index in [0.29, 0.717) is 12.8 Å². The summed E-state index contributed by atoms with van der Waals surface area (Å²) in [6, 6.07) is 0. The summed E-state index contributed by atoms with van der Waals surface area (Å²) in [5, 5.41) is 6.42. The molecule has 1 N–H and O–H groups in total. The number of nitrogens with zero attached hydrogens (tertiary/aromatic N) is 1. The number of carbonyl (C=O) groups is 2. The van der Waals surface area contributed by atoms with Crippen molar-refractivity contribution in [1.82, 2.24) is 5.32 Å². The van der Waals surface area contributed by atoms with E-state index in [9.17, 15) is 9.59 Å². The van der Waals surface area contributed by atoms with Crippen LogP contribution in [0, 0.1) is 11.8 Å². The fourth-order valence-corrected chi connectivity index (χ4v) is 2.61. The zero-order chi connectivity index (χ0) is 12.7. The molecule has 2 heterocycles. The number of amides is 2. The summed E-state index contributed by atoms with van der Waals surface area (Å²) in [6.07, 6.45) is 5.78. The SMILES string of the molecule is CC1=CCC2C(=C1)ON=C2C1CCC(=O)NC1=O. The zero-order valence-electron chi connectivity index (χ0n) is 10.1. The molecule has 0 bridgehead atoms. The van der Waals surface area contributed by atoms with Gasteiger partial charge in [-0.25, -0.2) is 0 Å². The van der Waals surface area contributed by atoms with Crippen LogP contribution in [0.3, 0.4) is 0 Å². The minimum Gasteiger partial charge on any atom is -0.361 e. The van der Waals surface area contributed by atoms with Crippen molar-refractivity contribution in [2.45, 2.75) is 26.2 Å². The van der Waals surface area contributed by atoms with Gasteiger partial charge in [0.25, 0.3) is 0 Å². The van der Waals surface area contributed by atoms with Crippen LogP contribution in [0.25, 0.3) is 0 Å². The van der Waals surface area contributed by atoms with Crippen LogP contribution in [0.15, 0.2) is 28.6 Å². The average Bonchev–Trinajstić information content (AvgIpc) is 2.72. The van der Waals surface area contributed by atoms with Crippen molar-refractivity contribution in [3.63, 3.8) is 0 Å². The largest absolute Gasteiger partial charge is 0.361 e. The van der Waals surface area contributed by atoms with E-state index < -0.39 is 0 Å². The number of hydrogen-bond donors (Lipinski definition) is 1. The molecule has 2 unspecified atom stereocenters. The summed E-state index contributed by atoms with van der Waals surface area (Å²) in [7, 11) is 0. The van der Waals surface area contributed by atoms with E-state index in [-0.39, 0.29) is 23.7 Å². The number of nitrogens with one attached hydrogen (secondary N) is 1. The summed E-state index contributed by atoms with van der Waals surface area (Å²) in [4.78, 5) is 28.3. The van der Waals surface area contributed by atoms with Gasteiger partial charge in [0.2, 0.25) is 11.8 Å². The van der Waals surface area contributed by atoms with Gasteiger partial charge in [-0.05, 0) is 25.8 Å². The van der Waals surface area contributed by atoms with Gasteiger partial charge in [0.15, 0.2) is 0 Å². The molecule has 3 aliphatic rings. The Hall–Kier alpha value is -1.91. The van der Waals surface area contributed by atoms with Crippen molar-refractivity contribution in [3.8, 4) is 0 Å². The van der Waals surface area contributed by atoms with Gasteiger partial charge in [-0.3, -0.25) is 14.9 Å². The predicted molar refractivity (Wildman–Crippen MR) is 64.3 cm³/mol. The first-order chi connectivity index (χ1) is 8.65. The molecule has 0 aromatic rings. The number of hydrogen-bond acceptors (Lipinski definition) is 4. The maximum atomic E-state index is 11.8. The molecule has 0 saturated carbocycles. The highest BCUT2D eigenvalue weighted by Crippen LogP contribution is 2.35. The van der Waals surface area contributed by atoms with Crippen molar-refractivity contribution in [3.05, 3.63) is 23.5 Å². The van der Waals surface area contributed by atoms with Crippen LogP contribution in [0.1, 0.15) is 26.2 Å². The molecule has 94 valence electrons. The lowest BCUT2D eigenvalue weighted by molar-refractivity contribution is -0.134. The number of rotatable bonds is 1. The molecule has 5 heteroatoms. The molecule has 0 radical (unpaired) electrons. The van der Waals surface area contributed by atoms with Crippen LogP contribution >= 0.6 is 0 Å². The lowest BCUT2D eigenvalue weighted by Gasteiger charge is -2.23. The van der Waals surface area contributed by atoms with Crippen molar-refractivity contribution in [2.75, 3.05) is 0 Å². The third-order valence-electron chi connectivity index (χ3n) is 3.60. The van der Waals surface area contributed by atoms with Crippen molar-refractivity contribution < 1.29 is 14.4 Å². The summed E-state index contributed by atoms with van der Waals surface area (Å²) < 4.78 is 0. The standard InChI is InChI=1S/C13H14N2O3/c1-7-2-3-8-10(6-7)18-15-12(8)9-4-5-11(16)14-13(9)17/h2,6,8-9H,3-5H2,1H3,(H,14,16,17). The first-order valence-electron chi connectivity index (χ1n) is 6.12. The van der Waals surface area contributed by atoms with Crippen molar-refractivity contribution in [2.24, 2.45) is 17.0 Å². The summed E-state index contributed by atoms with van der Waals surface area (Å²) >= 11 is 0. The second kappa shape index (κ2) is 4.08. The molecule has 1 aliphatic carbocycles. The van der Waals surface area contributed by atoms with Gasteiger partial charge in [-0.1, -0.05) is 16.8 Å². The van der Waals surface area contributed by atoms with E-state index in [1.807, 2.05) is 13.0 Å². The Bertz CT molecular complexity index is 516.